The van der Waals surface area contributed by atoms with Crippen molar-refractivity contribution in [2.75, 3.05) is 4.90 Å². The second-order valence-electron chi connectivity index (χ2n) is 7.53. The number of aromatic carboxylic acids is 1. The lowest BCUT2D eigenvalue weighted by atomic mass is 10.1. The zero-order valence-corrected chi connectivity index (χ0v) is 18.9. The number of rotatable bonds is 5. The average molecular weight is 482 g/mol. The standard InChI is InChI=1S/C27H18N2O5S/c30-22-15-17(11-13-21(22)26(32)33)23-14-12-20(34-23)16-24-25(31)29(19-9-5-2-6-10-19)27(35-24)28-18-7-3-1-4-8-18/h1-16,30H,(H,32,33)/p-1/b24-16+,28-27?. The third-order valence-corrected chi connectivity index (χ3v) is 6.17. The van der Waals surface area contributed by atoms with E-state index in [0.29, 0.717) is 32.8 Å². The first-order valence-corrected chi connectivity index (χ1v) is 11.4. The number of nitrogens with zero attached hydrogens (tertiary/aromatic N) is 2. The Hall–Kier alpha value is -4.56. The monoisotopic (exact) mass is 481 g/mol. The molecule has 1 amide bonds. The number of hydrogen-bond donors (Lipinski definition) is 1. The van der Waals surface area contributed by atoms with Crippen LogP contribution in [0.1, 0.15) is 16.1 Å². The molecule has 0 radical (unpaired) electrons. The minimum atomic E-state index is -1.28. The molecule has 1 aliphatic rings. The van der Waals surface area contributed by atoms with E-state index < -0.39 is 11.7 Å². The molecular formula is C27H17N2O5S-. The number of carbonyl (C=O) groups is 2. The number of benzene rings is 3. The van der Waals surface area contributed by atoms with Crippen LogP contribution < -0.4 is 10.0 Å². The van der Waals surface area contributed by atoms with Crippen LogP contribution in [0, 0.1) is 0 Å². The van der Waals surface area contributed by atoms with Crippen LogP contribution in [0.25, 0.3) is 17.4 Å². The summed E-state index contributed by atoms with van der Waals surface area (Å²) in [6, 6.07) is 26.0. The number of carbonyl (C=O) groups excluding carboxylic acids is 1. The molecule has 0 bridgehead atoms. The fourth-order valence-electron chi connectivity index (χ4n) is 3.53. The van der Waals surface area contributed by atoms with E-state index in [1.54, 1.807) is 23.1 Å². The summed E-state index contributed by atoms with van der Waals surface area (Å²) in [6.45, 7) is 0. The predicted octanol–water partition coefficient (Wildman–Crippen LogP) is 5.53. The molecule has 1 saturated heterocycles. The normalized spacial score (nSPS) is 15.8. The molecule has 3 aromatic carbocycles. The first-order chi connectivity index (χ1) is 17.0. The van der Waals surface area contributed by atoms with Crippen molar-refractivity contribution >= 4 is 46.3 Å². The van der Waals surface area contributed by atoms with Crippen molar-refractivity contribution in [1.29, 1.82) is 0 Å². The lowest BCUT2D eigenvalue weighted by Gasteiger charge is -2.15. The number of anilines is 1. The number of furan rings is 1. The quantitative estimate of drug-likeness (QED) is 0.376. The molecule has 1 aromatic heterocycles. The molecule has 1 aliphatic heterocycles. The molecule has 0 saturated carbocycles. The molecule has 5 rings (SSSR count). The lowest BCUT2D eigenvalue weighted by Crippen LogP contribution is -2.28. The minimum Gasteiger partial charge on any atom is -0.872 e. The molecule has 0 atom stereocenters. The van der Waals surface area contributed by atoms with E-state index in [0.717, 1.165) is 5.69 Å². The molecule has 0 spiro atoms. The van der Waals surface area contributed by atoms with E-state index in [-0.39, 0.29) is 11.5 Å². The molecule has 2 heterocycles. The molecule has 0 unspecified atom stereocenters. The molecule has 172 valence electrons. The molecular weight excluding hydrogens is 464 g/mol. The number of amidine groups is 1. The minimum absolute atomic E-state index is 0.235. The number of amides is 1. The maximum Gasteiger partial charge on any atom is 0.335 e. The van der Waals surface area contributed by atoms with E-state index in [2.05, 4.69) is 4.99 Å². The second-order valence-corrected chi connectivity index (χ2v) is 8.54. The summed E-state index contributed by atoms with van der Waals surface area (Å²) in [5.41, 5.74) is 1.57. The largest absolute Gasteiger partial charge is 0.872 e. The lowest BCUT2D eigenvalue weighted by molar-refractivity contribution is -0.268. The Kier molecular flexibility index (Phi) is 5.95. The van der Waals surface area contributed by atoms with Crippen LogP contribution in [0.4, 0.5) is 11.4 Å². The molecule has 0 aliphatic carbocycles. The number of aliphatic imine (C=N–C) groups is 1. The highest BCUT2D eigenvalue weighted by Gasteiger charge is 2.35. The van der Waals surface area contributed by atoms with E-state index in [4.69, 9.17) is 9.52 Å². The van der Waals surface area contributed by atoms with Gasteiger partial charge in [0.25, 0.3) is 5.91 Å². The maximum absolute atomic E-state index is 13.4. The van der Waals surface area contributed by atoms with Crippen molar-refractivity contribution in [3.8, 4) is 17.1 Å². The molecule has 7 nitrogen and oxygen atoms in total. The van der Waals surface area contributed by atoms with Gasteiger partial charge < -0.3 is 14.6 Å². The Morgan fingerprint density at radius 3 is 2.37 bits per heavy atom. The fraction of sp³-hybridized carbons (Fsp3) is 0. The van der Waals surface area contributed by atoms with Gasteiger partial charge in [0, 0.05) is 11.6 Å². The molecule has 8 heteroatoms. The maximum atomic E-state index is 13.4. The van der Waals surface area contributed by atoms with Crippen LogP contribution in [0.3, 0.4) is 0 Å². The average Bonchev–Trinajstić information content (AvgIpc) is 3.44. The smallest absolute Gasteiger partial charge is 0.335 e. The summed E-state index contributed by atoms with van der Waals surface area (Å²) in [6.07, 6.45) is 1.63. The van der Waals surface area contributed by atoms with Crippen LogP contribution in [0.5, 0.6) is 5.75 Å². The molecule has 35 heavy (non-hydrogen) atoms. The first-order valence-electron chi connectivity index (χ1n) is 10.6. The Bertz CT molecular complexity index is 1480. The van der Waals surface area contributed by atoms with Gasteiger partial charge in [0.2, 0.25) is 0 Å². The molecule has 4 aromatic rings. The van der Waals surface area contributed by atoms with Crippen LogP contribution >= 0.6 is 11.8 Å². The molecule has 1 fully saturated rings. The van der Waals surface area contributed by atoms with Crippen molar-refractivity contribution in [2.45, 2.75) is 0 Å². The van der Waals surface area contributed by atoms with Crippen molar-refractivity contribution < 1.29 is 24.2 Å². The Labute approximate surface area is 204 Å². The third kappa shape index (κ3) is 4.60. The van der Waals surface area contributed by atoms with E-state index in [1.165, 1.54) is 30.0 Å². The van der Waals surface area contributed by atoms with Crippen LogP contribution in [-0.2, 0) is 4.79 Å². The van der Waals surface area contributed by atoms with Crippen LogP contribution in [-0.4, -0.2) is 22.2 Å². The number of hydrogen-bond acceptors (Lipinski definition) is 6. The highest BCUT2D eigenvalue weighted by molar-refractivity contribution is 8.19. The van der Waals surface area contributed by atoms with Crippen molar-refractivity contribution in [1.82, 2.24) is 0 Å². The summed E-state index contributed by atoms with van der Waals surface area (Å²) in [5, 5.41) is 21.6. The van der Waals surface area contributed by atoms with Gasteiger partial charge in [-0.2, -0.15) is 0 Å². The summed E-state index contributed by atoms with van der Waals surface area (Å²) < 4.78 is 5.84. The highest BCUT2D eigenvalue weighted by atomic mass is 32.2. The van der Waals surface area contributed by atoms with Gasteiger partial charge in [-0.1, -0.05) is 54.3 Å². The first kappa shape index (κ1) is 22.2. The zero-order chi connectivity index (χ0) is 24.4. The number of carboxylic acid groups (broad SMARTS) is 1. The number of thioether (sulfide) groups is 1. The Morgan fingerprint density at radius 1 is 0.971 bits per heavy atom. The Morgan fingerprint density at radius 2 is 1.69 bits per heavy atom. The topological polar surface area (TPSA) is 106 Å². The van der Waals surface area contributed by atoms with Gasteiger partial charge in [-0.3, -0.25) is 9.69 Å². The fourth-order valence-corrected chi connectivity index (χ4v) is 4.51. The van der Waals surface area contributed by atoms with Gasteiger partial charge in [0.15, 0.2) is 5.17 Å². The molecule has 1 N–H and O–H groups in total. The summed E-state index contributed by atoms with van der Waals surface area (Å²) >= 11 is 1.24. The van der Waals surface area contributed by atoms with E-state index >= 15 is 0 Å². The summed E-state index contributed by atoms with van der Waals surface area (Å²) in [4.78, 5) is 31.1. The Balaban J connectivity index is 1.48. The number of para-hydroxylation sites is 2. The van der Waals surface area contributed by atoms with E-state index in [9.17, 15) is 14.7 Å². The number of carboxylic acids is 1. The van der Waals surface area contributed by atoms with Crippen molar-refractivity contribution in [2.24, 2.45) is 4.99 Å². The zero-order valence-electron chi connectivity index (χ0n) is 18.1. The summed E-state index contributed by atoms with van der Waals surface area (Å²) in [7, 11) is 0. The van der Waals surface area contributed by atoms with Gasteiger partial charge >= 0.3 is 5.97 Å². The van der Waals surface area contributed by atoms with Gasteiger partial charge in [-0.15, -0.1) is 0 Å². The van der Waals surface area contributed by atoms with Gasteiger partial charge in [-0.05, 0) is 54.2 Å². The SMILES string of the molecule is O=C(O)c1ccc(-c2ccc(/C=C3/SC(=Nc4ccccc4)N(c4ccccc4)C3=O)o2)cc1[O-]. The highest BCUT2D eigenvalue weighted by Crippen LogP contribution is 2.38. The van der Waals surface area contributed by atoms with Crippen LogP contribution in [0.15, 0.2) is 105 Å². The van der Waals surface area contributed by atoms with Gasteiger partial charge in [-0.25, -0.2) is 9.79 Å². The summed E-state index contributed by atoms with van der Waals surface area (Å²) in [5.74, 6) is -1.31. The predicted molar refractivity (Wildman–Crippen MR) is 134 cm³/mol. The van der Waals surface area contributed by atoms with Crippen LogP contribution in [0.2, 0.25) is 0 Å². The van der Waals surface area contributed by atoms with Crippen molar-refractivity contribution in [3.63, 3.8) is 0 Å². The van der Waals surface area contributed by atoms with Crippen molar-refractivity contribution in [3.05, 3.63) is 107 Å². The third-order valence-electron chi connectivity index (χ3n) is 5.20. The van der Waals surface area contributed by atoms with Gasteiger partial charge in [0.05, 0.1) is 21.8 Å². The van der Waals surface area contributed by atoms with E-state index in [1.807, 2.05) is 60.7 Å². The second kappa shape index (κ2) is 9.36. The van der Waals surface area contributed by atoms with Gasteiger partial charge in [0.1, 0.15) is 11.5 Å².